The number of halogens is 2. The Kier molecular flexibility index (Phi) is 4.09. The van der Waals surface area contributed by atoms with Crippen LogP contribution in [0.5, 0.6) is 0 Å². The molecule has 1 N–H and O–H groups in total. The zero-order valence-corrected chi connectivity index (χ0v) is 9.44. The van der Waals surface area contributed by atoms with Gasteiger partial charge in [-0.1, -0.05) is 0 Å². The second kappa shape index (κ2) is 5.12. The molecule has 2 nitrogen and oxygen atoms in total. The quantitative estimate of drug-likeness (QED) is 0.793. The molecular formula is C11H13ClFNO. The van der Waals surface area contributed by atoms with Crippen LogP contribution >= 0.6 is 11.6 Å². The number of amides is 1. The molecule has 0 saturated heterocycles. The van der Waals surface area contributed by atoms with E-state index in [0.29, 0.717) is 17.7 Å². The van der Waals surface area contributed by atoms with Crippen LogP contribution in [0.25, 0.3) is 0 Å². The van der Waals surface area contributed by atoms with Crippen LogP contribution in [-0.2, 0) is 0 Å². The Morgan fingerprint density at radius 1 is 1.60 bits per heavy atom. The topological polar surface area (TPSA) is 29.1 Å². The van der Waals surface area contributed by atoms with E-state index in [1.807, 2.05) is 0 Å². The Hall–Kier alpha value is -1.09. The maximum absolute atomic E-state index is 12.9. The molecule has 0 aliphatic heterocycles. The van der Waals surface area contributed by atoms with E-state index in [4.69, 9.17) is 11.6 Å². The van der Waals surface area contributed by atoms with Gasteiger partial charge in [0.2, 0.25) is 0 Å². The Morgan fingerprint density at radius 2 is 2.27 bits per heavy atom. The highest BCUT2D eigenvalue weighted by atomic mass is 35.5. The number of alkyl halides is 1. The third-order valence-electron chi connectivity index (χ3n) is 1.96. The smallest absolute Gasteiger partial charge is 0.251 e. The van der Waals surface area contributed by atoms with Crippen LogP contribution in [0.3, 0.4) is 0 Å². The number of benzene rings is 1. The lowest BCUT2D eigenvalue weighted by molar-refractivity contribution is 0.0954. The second-order valence-corrected chi connectivity index (χ2v) is 4.20. The van der Waals surface area contributed by atoms with Crippen molar-refractivity contribution in [3.05, 3.63) is 35.1 Å². The highest BCUT2D eigenvalue weighted by Crippen LogP contribution is 2.09. The van der Waals surface area contributed by atoms with Crippen molar-refractivity contribution in [2.45, 2.75) is 19.2 Å². The fraction of sp³-hybridized carbons (Fsp3) is 0.364. The van der Waals surface area contributed by atoms with E-state index >= 15 is 0 Å². The highest BCUT2D eigenvalue weighted by Gasteiger charge is 2.07. The van der Waals surface area contributed by atoms with E-state index in [9.17, 15) is 9.18 Å². The van der Waals surface area contributed by atoms with E-state index in [-0.39, 0.29) is 17.1 Å². The van der Waals surface area contributed by atoms with Gasteiger partial charge in [0, 0.05) is 17.5 Å². The lowest BCUT2D eigenvalue weighted by Crippen LogP contribution is -2.28. The fourth-order valence-corrected chi connectivity index (χ4v) is 1.20. The number of hydrogen-bond acceptors (Lipinski definition) is 1. The van der Waals surface area contributed by atoms with Gasteiger partial charge >= 0.3 is 0 Å². The minimum Gasteiger partial charge on any atom is -0.351 e. The molecule has 1 atom stereocenters. The number of hydrogen-bond donors (Lipinski definition) is 1. The van der Waals surface area contributed by atoms with E-state index in [1.54, 1.807) is 13.8 Å². The van der Waals surface area contributed by atoms with Gasteiger partial charge in [0.25, 0.3) is 5.91 Å². The van der Waals surface area contributed by atoms with Crippen LogP contribution in [0.2, 0.25) is 0 Å². The van der Waals surface area contributed by atoms with E-state index in [2.05, 4.69) is 5.32 Å². The monoisotopic (exact) mass is 229 g/mol. The number of carbonyl (C=O) groups excluding carboxylic acids is 1. The summed E-state index contributed by atoms with van der Waals surface area (Å²) < 4.78 is 12.9. The summed E-state index contributed by atoms with van der Waals surface area (Å²) in [7, 11) is 0. The van der Waals surface area contributed by atoms with Crippen LogP contribution in [0, 0.1) is 12.7 Å². The van der Waals surface area contributed by atoms with Gasteiger partial charge in [0.05, 0.1) is 0 Å². The zero-order valence-electron chi connectivity index (χ0n) is 8.68. The van der Waals surface area contributed by atoms with Crippen LogP contribution in [0.1, 0.15) is 22.8 Å². The predicted molar refractivity (Wildman–Crippen MR) is 58.8 cm³/mol. The van der Waals surface area contributed by atoms with Gasteiger partial charge in [-0.05, 0) is 37.6 Å². The van der Waals surface area contributed by atoms with Crippen molar-refractivity contribution in [3.8, 4) is 0 Å². The zero-order chi connectivity index (χ0) is 11.4. The molecule has 0 bridgehead atoms. The summed E-state index contributed by atoms with van der Waals surface area (Å²) in [5, 5.41) is 2.54. The molecule has 0 aromatic heterocycles. The summed E-state index contributed by atoms with van der Waals surface area (Å²) >= 11 is 5.69. The summed E-state index contributed by atoms with van der Waals surface area (Å²) in [5.41, 5.74) is 0.910. The number of nitrogens with one attached hydrogen (secondary N) is 1. The predicted octanol–water partition coefficient (Wildman–Crippen LogP) is 2.49. The van der Waals surface area contributed by atoms with Crippen molar-refractivity contribution in [2.24, 2.45) is 0 Å². The number of rotatable bonds is 3. The average Bonchev–Trinajstić information content (AvgIpc) is 2.18. The highest BCUT2D eigenvalue weighted by molar-refractivity contribution is 6.20. The first-order valence-electron chi connectivity index (χ1n) is 4.69. The molecule has 82 valence electrons. The number of aryl methyl sites for hydroxylation is 1. The van der Waals surface area contributed by atoms with E-state index in [0.717, 1.165) is 0 Å². The van der Waals surface area contributed by atoms with Gasteiger partial charge in [-0.15, -0.1) is 11.6 Å². The molecule has 1 aromatic carbocycles. The lowest BCUT2D eigenvalue weighted by Gasteiger charge is -2.07. The van der Waals surface area contributed by atoms with Crippen molar-refractivity contribution in [3.63, 3.8) is 0 Å². The summed E-state index contributed by atoms with van der Waals surface area (Å²) in [4.78, 5) is 11.5. The van der Waals surface area contributed by atoms with Crippen LogP contribution < -0.4 is 5.32 Å². The van der Waals surface area contributed by atoms with Crippen molar-refractivity contribution in [1.82, 2.24) is 5.32 Å². The summed E-state index contributed by atoms with van der Waals surface area (Å²) in [6.45, 7) is 3.81. The summed E-state index contributed by atoms with van der Waals surface area (Å²) in [6.07, 6.45) is 0. The molecule has 0 fully saturated rings. The molecule has 4 heteroatoms. The molecule has 0 aliphatic carbocycles. The Balaban J connectivity index is 2.70. The Labute approximate surface area is 93.4 Å². The van der Waals surface area contributed by atoms with Crippen LogP contribution in [0.15, 0.2) is 18.2 Å². The third kappa shape index (κ3) is 3.51. The molecule has 1 unspecified atom stereocenters. The molecule has 0 saturated carbocycles. The van der Waals surface area contributed by atoms with Crippen molar-refractivity contribution in [2.75, 3.05) is 6.54 Å². The average molecular weight is 230 g/mol. The van der Waals surface area contributed by atoms with Crippen LogP contribution in [-0.4, -0.2) is 17.8 Å². The molecule has 15 heavy (non-hydrogen) atoms. The molecule has 1 aromatic rings. The maximum atomic E-state index is 12.9. The van der Waals surface area contributed by atoms with E-state index in [1.165, 1.54) is 18.2 Å². The molecule has 0 spiro atoms. The molecule has 1 amide bonds. The molecular weight excluding hydrogens is 217 g/mol. The summed E-state index contributed by atoms with van der Waals surface area (Å²) in [6, 6.07) is 4.26. The van der Waals surface area contributed by atoms with Gasteiger partial charge in [-0.25, -0.2) is 4.39 Å². The first-order valence-corrected chi connectivity index (χ1v) is 5.12. The standard InChI is InChI=1S/C11H13ClFNO/c1-7-5-9(3-4-10(7)13)11(15)14-6-8(2)12/h3-5,8H,6H2,1-2H3,(H,14,15). The molecule has 0 heterocycles. The van der Waals surface area contributed by atoms with Crippen molar-refractivity contribution in [1.29, 1.82) is 0 Å². The normalized spacial score (nSPS) is 12.3. The third-order valence-corrected chi connectivity index (χ3v) is 2.12. The maximum Gasteiger partial charge on any atom is 0.251 e. The SMILES string of the molecule is Cc1cc(C(=O)NCC(C)Cl)ccc1F. The van der Waals surface area contributed by atoms with Gasteiger partial charge in [-0.3, -0.25) is 4.79 Å². The van der Waals surface area contributed by atoms with Gasteiger partial charge in [0.15, 0.2) is 0 Å². The molecule has 0 radical (unpaired) electrons. The number of carbonyl (C=O) groups is 1. The fourth-order valence-electron chi connectivity index (χ4n) is 1.12. The lowest BCUT2D eigenvalue weighted by atomic mass is 10.1. The van der Waals surface area contributed by atoms with Gasteiger partial charge < -0.3 is 5.32 Å². The Morgan fingerprint density at radius 3 is 2.80 bits per heavy atom. The molecule has 1 rings (SSSR count). The summed E-state index contributed by atoms with van der Waals surface area (Å²) in [5.74, 6) is -0.539. The first-order chi connectivity index (χ1) is 7.00. The largest absolute Gasteiger partial charge is 0.351 e. The van der Waals surface area contributed by atoms with Gasteiger partial charge in [0.1, 0.15) is 5.82 Å². The Bertz CT molecular complexity index is 366. The second-order valence-electron chi connectivity index (χ2n) is 3.45. The van der Waals surface area contributed by atoms with E-state index < -0.39 is 0 Å². The van der Waals surface area contributed by atoms with Gasteiger partial charge in [-0.2, -0.15) is 0 Å². The van der Waals surface area contributed by atoms with Crippen LogP contribution in [0.4, 0.5) is 4.39 Å². The van der Waals surface area contributed by atoms with Crippen molar-refractivity contribution >= 4 is 17.5 Å². The minimum atomic E-state index is -0.308. The molecule has 0 aliphatic rings. The first kappa shape index (κ1) is 12.0. The minimum absolute atomic E-state index is 0.115. The van der Waals surface area contributed by atoms with Crippen molar-refractivity contribution < 1.29 is 9.18 Å².